The molecule has 19 heavy (non-hydrogen) atoms. The predicted octanol–water partition coefficient (Wildman–Crippen LogP) is 0.295. The lowest BCUT2D eigenvalue weighted by Crippen LogP contribution is -2.47. The van der Waals surface area contributed by atoms with Crippen LogP contribution < -0.4 is 5.73 Å². The van der Waals surface area contributed by atoms with E-state index in [1.165, 1.54) is 25.8 Å². The number of hydrogen-bond donors (Lipinski definition) is 1. The Bertz CT molecular complexity index is 284. The summed E-state index contributed by atoms with van der Waals surface area (Å²) in [6.07, 6.45) is 3.67. The highest BCUT2D eigenvalue weighted by atomic mass is 16.5. The van der Waals surface area contributed by atoms with Crippen molar-refractivity contribution in [1.29, 1.82) is 0 Å². The molecule has 2 rings (SSSR count). The maximum atomic E-state index is 11.2. The first-order chi connectivity index (χ1) is 9.16. The molecule has 2 heterocycles. The molecule has 0 radical (unpaired) electrons. The van der Waals surface area contributed by atoms with Crippen molar-refractivity contribution < 1.29 is 9.53 Å². The van der Waals surface area contributed by atoms with E-state index in [0.717, 1.165) is 45.3 Å². The van der Waals surface area contributed by atoms with E-state index in [-0.39, 0.29) is 11.9 Å². The van der Waals surface area contributed by atoms with Crippen LogP contribution in [0.5, 0.6) is 0 Å². The number of amides is 1. The van der Waals surface area contributed by atoms with Gasteiger partial charge in [0.25, 0.3) is 0 Å². The fourth-order valence-electron chi connectivity index (χ4n) is 3.00. The maximum Gasteiger partial charge on any atom is 0.234 e. The van der Waals surface area contributed by atoms with Gasteiger partial charge >= 0.3 is 0 Å². The Morgan fingerprint density at radius 1 is 1.26 bits per heavy atom. The number of carbonyl (C=O) groups excluding carboxylic acids is 1. The molecule has 2 fully saturated rings. The first-order valence-corrected chi connectivity index (χ1v) is 7.50. The van der Waals surface area contributed by atoms with Crippen LogP contribution in [0.1, 0.15) is 26.2 Å². The molecule has 2 aliphatic heterocycles. The van der Waals surface area contributed by atoms with Gasteiger partial charge in [-0.1, -0.05) is 0 Å². The minimum Gasteiger partial charge on any atom is -0.379 e. The molecule has 0 aromatic carbocycles. The summed E-state index contributed by atoms with van der Waals surface area (Å²) < 4.78 is 5.36. The fourth-order valence-corrected chi connectivity index (χ4v) is 3.00. The number of carbonyl (C=O) groups is 1. The summed E-state index contributed by atoms with van der Waals surface area (Å²) in [6.45, 7) is 9.06. The summed E-state index contributed by atoms with van der Waals surface area (Å²) in [5.74, 6) is 0.603. The highest BCUT2D eigenvalue weighted by Crippen LogP contribution is 2.22. The second-order valence-electron chi connectivity index (χ2n) is 5.80. The maximum absolute atomic E-state index is 11.2. The van der Waals surface area contributed by atoms with Crippen LogP contribution in [0, 0.1) is 5.92 Å². The second kappa shape index (κ2) is 7.22. The Balaban J connectivity index is 1.64. The zero-order chi connectivity index (χ0) is 13.7. The quantitative estimate of drug-likeness (QED) is 0.779. The molecule has 2 saturated heterocycles. The smallest absolute Gasteiger partial charge is 0.234 e. The Morgan fingerprint density at radius 3 is 2.47 bits per heavy atom. The van der Waals surface area contributed by atoms with Gasteiger partial charge in [-0.3, -0.25) is 14.6 Å². The Labute approximate surface area is 116 Å². The summed E-state index contributed by atoms with van der Waals surface area (Å²) >= 11 is 0. The number of hydrogen-bond acceptors (Lipinski definition) is 4. The number of ether oxygens (including phenoxy) is 1. The molecule has 0 aliphatic carbocycles. The van der Waals surface area contributed by atoms with E-state index in [1.807, 2.05) is 6.92 Å². The summed E-state index contributed by atoms with van der Waals surface area (Å²) in [4.78, 5) is 15.9. The van der Waals surface area contributed by atoms with Gasteiger partial charge in [-0.2, -0.15) is 0 Å². The second-order valence-corrected chi connectivity index (χ2v) is 5.80. The Kier molecular flexibility index (Phi) is 5.60. The van der Waals surface area contributed by atoms with Crippen LogP contribution >= 0.6 is 0 Å². The van der Waals surface area contributed by atoms with Crippen molar-refractivity contribution in [1.82, 2.24) is 9.80 Å². The molecule has 0 unspecified atom stereocenters. The SMILES string of the molecule is C[C@H](C(N)=O)N1CCC(CCN2CCOCC2)CC1. The first kappa shape index (κ1) is 14.8. The minimum atomic E-state index is -0.202. The predicted molar refractivity (Wildman–Crippen MR) is 74.8 cm³/mol. The summed E-state index contributed by atoms with van der Waals surface area (Å²) in [6, 6.07) is -0.111. The third-order valence-electron chi connectivity index (χ3n) is 4.57. The van der Waals surface area contributed by atoms with E-state index < -0.39 is 0 Å². The lowest BCUT2D eigenvalue weighted by Gasteiger charge is -2.35. The highest BCUT2D eigenvalue weighted by Gasteiger charge is 2.25. The van der Waals surface area contributed by atoms with E-state index in [1.54, 1.807) is 0 Å². The van der Waals surface area contributed by atoms with E-state index >= 15 is 0 Å². The van der Waals surface area contributed by atoms with Gasteiger partial charge in [-0.25, -0.2) is 0 Å². The first-order valence-electron chi connectivity index (χ1n) is 7.50. The van der Waals surface area contributed by atoms with Gasteiger partial charge < -0.3 is 10.5 Å². The van der Waals surface area contributed by atoms with Crippen molar-refractivity contribution in [2.45, 2.75) is 32.2 Å². The monoisotopic (exact) mass is 269 g/mol. The number of piperidine rings is 1. The van der Waals surface area contributed by atoms with Gasteiger partial charge in [-0.15, -0.1) is 0 Å². The normalized spacial score (nSPS) is 25.3. The summed E-state index contributed by atoms with van der Waals surface area (Å²) in [7, 11) is 0. The molecule has 0 saturated carbocycles. The molecule has 1 amide bonds. The van der Waals surface area contributed by atoms with Crippen LogP contribution in [0.3, 0.4) is 0 Å². The molecule has 0 aromatic rings. The molecule has 0 aromatic heterocycles. The van der Waals surface area contributed by atoms with Crippen molar-refractivity contribution in [3.63, 3.8) is 0 Å². The Hall–Kier alpha value is -0.650. The third-order valence-corrected chi connectivity index (χ3v) is 4.57. The average molecular weight is 269 g/mol. The van der Waals surface area contributed by atoms with Crippen LogP contribution in [0.2, 0.25) is 0 Å². The largest absolute Gasteiger partial charge is 0.379 e. The lowest BCUT2D eigenvalue weighted by molar-refractivity contribution is -0.123. The molecule has 0 bridgehead atoms. The molecular formula is C14H27N3O2. The fraction of sp³-hybridized carbons (Fsp3) is 0.929. The van der Waals surface area contributed by atoms with Gasteiger partial charge in [0.2, 0.25) is 5.91 Å². The van der Waals surface area contributed by atoms with E-state index in [4.69, 9.17) is 10.5 Å². The van der Waals surface area contributed by atoms with Gasteiger partial charge in [0.15, 0.2) is 0 Å². The molecular weight excluding hydrogens is 242 g/mol. The summed E-state index contributed by atoms with van der Waals surface area (Å²) in [5, 5.41) is 0. The number of rotatable bonds is 5. The van der Waals surface area contributed by atoms with Gasteiger partial charge in [0.1, 0.15) is 0 Å². The summed E-state index contributed by atoms with van der Waals surface area (Å²) in [5.41, 5.74) is 5.36. The molecule has 2 N–H and O–H groups in total. The molecule has 1 atom stereocenters. The number of morpholine rings is 1. The van der Waals surface area contributed by atoms with E-state index in [0.29, 0.717) is 0 Å². The lowest BCUT2D eigenvalue weighted by atomic mass is 9.92. The van der Waals surface area contributed by atoms with E-state index in [2.05, 4.69) is 9.80 Å². The molecule has 110 valence electrons. The van der Waals surface area contributed by atoms with Crippen molar-refractivity contribution >= 4 is 5.91 Å². The molecule has 2 aliphatic rings. The number of nitrogens with two attached hydrogens (primary N) is 1. The highest BCUT2D eigenvalue weighted by molar-refractivity contribution is 5.79. The zero-order valence-corrected chi connectivity index (χ0v) is 12.0. The van der Waals surface area contributed by atoms with Gasteiger partial charge in [0, 0.05) is 13.1 Å². The molecule has 5 heteroatoms. The Morgan fingerprint density at radius 2 is 1.89 bits per heavy atom. The standard InChI is InChI=1S/C14H27N3O2/c1-12(14(15)18)17-6-3-13(4-7-17)2-5-16-8-10-19-11-9-16/h12-13H,2-11H2,1H3,(H2,15,18)/t12-/m1/s1. The zero-order valence-electron chi connectivity index (χ0n) is 12.0. The molecule has 5 nitrogen and oxygen atoms in total. The van der Waals surface area contributed by atoms with Crippen molar-refractivity contribution in [3.05, 3.63) is 0 Å². The van der Waals surface area contributed by atoms with Crippen LogP contribution in [-0.2, 0) is 9.53 Å². The number of nitrogens with zero attached hydrogens (tertiary/aromatic N) is 2. The van der Waals surface area contributed by atoms with Crippen LogP contribution in [0.4, 0.5) is 0 Å². The van der Waals surface area contributed by atoms with Crippen molar-refractivity contribution in [3.8, 4) is 0 Å². The van der Waals surface area contributed by atoms with E-state index in [9.17, 15) is 4.79 Å². The topological polar surface area (TPSA) is 58.8 Å². The van der Waals surface area contributed by atoms with Gasteiger partial charge in [-0.05, 0) is 51.7 Å². The van der Waals surface area contributed by atoms with Crippen LogP contribution in [0.15, 0.2) is 0 Å². The van der Waals surface area contributed by atoms with Crippen LogP contribution in [0.25, 0.3) is 0 Å². The third kappa shape index (κ3) is 4.44. The van der Waals surface area contributed by atoms with Crippen molar-refractivity contribution in [2.75, 3.05) is 45.9 Å². The van der Waals surface area contributed by atoms with Crippen LogP contribution in [-0.4, -0.2) is 67.7 Å². The average Bonchev–Trinajstić information content (AvgIpc) is 2.46. The number of primary amides is 1. The molecule has 0 spiro atoms. The van der Waals surface area contributed by atoms with Crippen molar-refractivity contribution in [2.24, 2.45) is 11.7 Å². The minimum absolute atomic E-state index is 0.111. The van der Waals surface area contributed by atoms with Gasteiger partial charge in [0.05, 0.1) is 19.3 Å². The number of likely N-dealkylation sites (tertiary alicyclic amines) is 1.